The molecule has 0 aromatic heterocycles. The molecule has 3 aliphatic heterocycles. The van der Waals surface area contributed by atoms with Crippen molar-refractivity contribution in [2.75, 3.05) is 19.7 Å². The Hall–Kier alpha value is -1.06. The standard InChI is InChI=1S/C18H25NO2/c20-18(8-10-19-9-1-2-16(19)13-18)7-5-14-3-4-17-15(12-14)6-11-21-17/h3-4,12,16,20H,1-2,5-11,13H2. The van der Waals surface area contributed by atoms with Crippen LogP contribution in [0.4, 0.5) is 0 Å². The number of piperidine rings is 1. The summed E-state index contributed by atoms with van der Waals surface area (Å²) in [7, 11) is 0. The highest BCUT2D eigenvalue weighted by Crippen LogP contribution is 2.36. The van der Waals surface area contributed by atoms with Gasteiger partial charge in [-0.3, -0.25) is 0 Å². The Balaban J connectivity index is 1.39. The number of benzene rings is 1. The summed E-state index contributed by atoms with van der Waals surface area (Å²) in [5.74, 6) is 1.05. The van der Waals surface area contributed by atoms with Gasteiger partial charge in [0.15, 0.2) is 0 Å². The van der Waals surface area contributed by atoms with E-state index in [9.17, 15) is 5.11 Å². The molecule has 3 aliphatic rings. The molecular formula is C18H25NO2. The molecule has 3 heterocycles. The molecule has 0 saturated carbocycles. The fraction of sp³-hybridized carbons (Fsp3) is 0.667. The lowest BCUT2D eigenvalue weighted by molar-refractivity contribution is -0.0416. The topological polar surface area (TPSA) is 32.7 Å². The van der Waals surface area contributed by atoms with Crippen molar-refractivity contribution >= 4 is 0 Å². The minimum atomic E-state index is -0.443. The normalized spacial score (nSPS) is 31.8. The zero-order chi connectivity index (χ0) is 14.3. The van der Waals surface area contributed by atoms with Crippen LogP contribution in [0.2, 0.25) is 0 Å². The number of hydrogen-bond acceptors (Lipinski definition) is 3. The summed E-state index contributed by atoms with van der Waals surface area (Å²) in [5.41, 5.74) is 2.24. The van der Waals surface area contributed by atoms with Gasteiger partial charge in [0, 0.05) is 19.0 Å². The molecular weight excluding hydrogens is 262 g/mol. The van der Waals surface area contributed by atoms with E-state index in [2.05, 4.69) is 23.1 Å². The van der Waals surface area contributed by atoms with Crippen molar-refractivity contribution in [2.24, 2.45) is 0 Å². The van der Waals surface area contributed by atoms with E-state index in [4.69, 9.17) is 4.74 Å². The first-order valence-electron chi connectivity index (χ1n) is 8.43. The van der Waals surface area contributed by atoms with Crippen molar-refractivity contribution in [3.63, 3.8) is 0 Å². The Morgan fingerprint density at radius 3 is 3.24 bits per heavy atom. The van der Waals surface area contributed by atoms with Gasteiger partial charge in [-0.1, -0.05) is 12.1 Å². The molecule has 1 aromatic carbocycles. The largest absolute Gasteiger partial charge is 0.493 e. The van der Waals surface area contributed by atoms with Crippen LogP contribution < -0.4 is 4.74 Å². The number of aliphatic hydroxyl groups is 1. The van der Waals surface area contributed by atoms with Crippen LogP contribution in [0, 0.1) is 0 Å². The Labute approximate surface area is 126 Å². The maximum atomic E-state index is 10.9. The summed E-state index contributed by atoms with van der Waals surface area (Å²) in [6, 6.07) is 7.17. The predicted molar refractivity (Wildman–Crippen MR) is 82.7 cm³/mol. The van der Waals surface area contributed by atoms with E-state index in [-0.39, 0.29) is 0 Å². The molecule has 0 aliphatic carbocycles. The first-order valence-corrected chi connectivity index (χ1v) is 8.43. The van der Waals surface area contributed by atoms with E-state index in [1.54, 1.807) is 0 Å². The van der Waals surface area contributed by atoms with Gasteiger partial charge in [-0.05, 0) is 62.3 Å². The third-order valence-electron chi connectivity index (χ3n) is 5.61. The lowest BCUT2D eigenvalue weighted by Gasteiger charge is -2.41. The Morgan fingerprint density at radius 1 is 1.33 bits per heavy atom. The first-order chi connectivity index (χ1) is 10.2. The Kier molecular flexibility index (Phi) is 3.43. The molecule has 3 nitrogen and oxygen atoms in total. The molecule has 21 heavy (non-hydrogen) atoms. The summed E-state index contributed by atoms with van der Waals surface area (Å²) >= 11 is 0. The van der Waals surface area contributed by atoms with Crippen molar-refractivity contribution in [1.29, 1.82) is 0 Å². The SMILES string of the molecule is OC1(CCc2ccc3c(c2)CCO3)CCN2CCCC2C1. The van der Waals surface area contributed by atoms with E-state index in [1.807, 2.05) is 0 Å². The highest BCUT2D eigenvalue weighted by atomic mass is 16.5. The van der Waals surface area contributed by atoms with Gasteiger partial charge in [-0.2, -0.15) is 0 Å². The van der Waals surface area contributed by atoms with Gasteiger partial charge < -0.3 is 14.7 Å². The molecule has 1 N–H and O–H groups in total. The van der Waals surface area contributed by atoms with E-state index in [1.165, 1.54) is 30.5 Å². The van der Waals surface area contributed by atoms with Crippen LogP contribution >= 0.6 is 0 Å². The van der Waals surface area contributed by atoms with E-state index < -0.39 is 5.60 Å². The second-order valence-corrected chi connectivity index (χ2v) is 7.05. The molecule has 2 atom stereocenters. The Morgan fingerprint density at radius 2 is 2.29 bits per heavy atom. The van der Waals surface area contributed by atoms with E-state index in [0.717, 1.165) is 51.0 Å². The van der Waals surface area contributed by atoms with Crippen LogP contribution in [0.1, 0.15) is 43.2 Å². The molecule has 0 spiro atoms. The zero-order valence-electron chi connectivity index (χ0n) is 12.7. The van der Waals surface area contributed by atoms with E-state index >= 15 is 0 Å². The van der Waals surface area contributed by atoms with Crippen molar-refractivity contribution in [1.82, 2.24) is 4.90 Å². The monoisotopic (exact) mass is 287 g/mol. The minimum Gasteiger partial charge on any atom is -0.493 e. The average molecular weight is 287 g/mol. The summed E-state index contributed by atoms with van der Waals surface area (Å²) in [6.45, 7) is 3.14. The van der Waals surface area contributed by atoms with Gasteiger partial charge in [0.1, 0.15) is 5.75 Å². The summed E-state index contributed by atoms with van der Waals surface area (Å²) in [4.78, 5) is 2.57. The fourth-order valence-corrected chi connectivity index (χ4v) is 4.31. The molecule has 3 heteroatoms. The minimum absolute atomic E-state index is 0.443. The fourth-order valence-electron chi connectivity index (χ4n) is 4.31. The second kappa shape index (κ2) is 5.29. The number of aryl methyl sites for hydroxylation is 1. The number of fused-ring (bicyclic) bond motifs is 2. The molecule has 0 bridgehead atoms. The third-order valence-corrected chi connectivity index (χ3v) is 5.61. The number of ether oxygens (including phenoxy) is 1. The summed E-state index contributed by atoms with van der Waals surface area (Å²) < 4.78 is 5.56. The van der Waals surface area contributed by atoms with Gasteiger partial charge >= 0.3 is 0 Å². The summed E-state index contributed by atoms with van der Waals surface area (Å²) in [5, 5.41) is 10.9. The highest BCUT2D eigenvalue weighted by Gasteiger charge is 2.39. The predicted octanol–water partition coefficient (Wildman–Crippen LogP) is 2.54. The average Bonchev–Trinajstić information content (AvgIpc) is 3.12. The van der Waals surface area contributed by atoms with Crippen LogP contribution in [0.5, 0.6) is 5.75 Å². The van der Waals surface area contributed by atoms with Crippen molar-refractivity contribution < 1.29 is 9.84 Å². The van der Waals surface area contributed by atoms with Gasteiger partial charge in [0.25, 0.3) is 0 Å². The molecule has 1 aromatic rings. The molecule has 2 fully saturated rings. The maximum absolute atomic E-state index is 10.9. The summed E-state index contributed by atoms with van der Waals surface area (Å²) in [6.07, 6.45) is 7.42. The molecule has 0 radical (unpaired) electrons. The number of rotatable bonds is 3. The van der Waals surface area contributed by atoms with Crippen LogP contribution in [-0.4, -0.2) is 41.3 Å². The third kappa shape index (κ3) is 2.69. The molecule has 2 saturated heterocycles. The number of hydrogen-bond donors (Lipinski definition) is 1. The van der Waals surface area contributed by atoms with Crippen molar-refractivity contribution in [3.8, 4) is 5.75 Å². The van der Waals surface area contributed by atoms with Gasteiger partial charge in [-0.25, -0.2) is 0 Å². The molecule has 0 amide bonds. The lowest BCUT2D eigenvalue weighted by atomic mass is 9.82. The molecule has 4 rings (SSSR count). The van der Waals surface area contributed by atoms with Gasteiger partial charge in [0.2, 0.25) is 0 Å². The van der Waals surface area contributed by atoms with Crippen LogP contribution in [0.25, 0.3) is 0 Å². The smallest absolute Gasteiger partial charge is 0.122 e. The molecule has 2 unspecified atom stereocenters. The highest BCUT2D eigenvalue weighted by molar-refractivity contribution is 5.39. The zero-order valence-corrected chi connectivity index (χ0v) is 12.7. The van der Waals surface area contributed by atoms with Crippen molar-refractivity contribution in [2.45, 2.75) is 56.6 Å². The van der Waals surface area contributed by atoms with E-state index in [0.29, 0.717) is 6.04 Å². The lowest BCUT2D eigenvalue weighted by Crippen LogP contribution is -2.47. The maximum Gasteiger partial charge on any atom is 0.122 e. The van der Waals surface area contributed by atoms with Crippen LogP contribution in [0.3, 0.4) is 0 Å². The second-order valence-electron chi connectivity index (χ2n) is 7.05. The van der Waals surface area contributed by atoms with Crippen LogP contribution in [-0.2, 0) is 12.8 Å². The van der Waals surface area contributed by atoms with Crippen LogP contribution in [0.15, 0.2) is 18.2 Å². The Bertz CT molecular complexity index is 530. The van der Waals surface area contributed by atoms with Gasteiger partial charge in [-0.15, -0.1) is 0 Å². The van der Waals surface area contributed by atoms with Crippen molar-refractivity contribution in [3.05, 3.63) is 29.3 Å². The van der Waals surface area contributed by atoms with Gasteiger partial charge in [0.05, 0.1) is 12.2 Å². The number of nitrogens with zero attached hydrogens (tertiary/aromatic N) is 1. The molecule has 114 valence electrons. The first kappa shape index (κ1) is 13.6. The quantitative estimate of drug-likeness (QED) is 0.927.